The number of hydrogen-bond acceptors (Lipinski definition) is 7. The first-order valence-electron chi connectivity index (χ1n) is 16.2. The number of sulfonamides is 1. The van der Waals surface area contributed by atoms with Crippen LogP contribution in [0.1, 0.15) is 62.1 Å². The van der Waals surface area contributed by atoms with Crippen LogP contribution in [0, 0.1) is 5.92 Å². The predicted octanol–water partition coefficient (Wildman–Crippen LogP) is 4.97. The van der Waals surface area contributed by atoms with Crippen molar-refractivity contribution in [1.29, 1.82) is 0 Å². The van der Waals surface area contributed by atoms with Gasteiger partial charge in [0, 0.05) is 24.5 Å². The molecule has 48 heavy (non-hydrogen) atoms. The molecule has 0 aliphatic rings. The average Bonchev–Trinajstić information content (AvgIpc) is 3.10. The standard InChI is InChI=1S/C37H49N3O7S/c1-5-31(17-12-18-32(26-42)40(24-23-27(2)3)48(45,46)33-21-19-28(25-41)20-22-33)38-36(43)35(39-37(44)47-4)34(29-13-8-6-9-14-29)30-15-10-7-11-16-30/h5-11,13-16,19-22,27,31-32,34-35,41-42H,1,12,17-18,23-26H2,2-4H3,(H,38,43)(H,39,44)/t31-,32+,35+/m1/s1. The fourth-order valence-corrected chi connectivity index (χ4v) is 7.25. The van der Waals surface area contributed by atoms with Gasteiger partial charge in [-0.2, -0.15) is 4.31 Å². The van der Waals surface area contributed by atoms with E-state index in [2.05, 4.69) is 17.2 Å². The van der Waals surface area contributed by atoms with Gasteiger partial charge >= 0.3 is 6.09 Å². The molecule has 0 spiro atoms. The summed E-state index contributed by atoms with van der Waals surface area (Å²) in [7, 11) is -2.71. The van der Waals surface area contributed by atoms with Gasteiger partial charge < -0.3 is 25.6 Å². The summed E-state index contributed by atoms with van der Waals surface area (Å²) in [6.07, 6.45) is 2.69. The Labute approximate surface area is 284 Å². The fraction of sp³-hybridized carbons (Fsp3) is 0.405. The maximum Gasteiger partial charge on any atom is 0.407 e. The molecule has 0 saturated carbocycles. The van der Waals surface area contributed by atoms with Crippen molar-refractivity contribution in [3.63, 3.8) is 0 Å². The molecule has 0 radical (unpaired) electrons. The number of amides is 2. The van der Waals surface area contributed by atoms with Crippen molar-refractivity contribution in [3.8, 4) is 0 Å². The Hall–Kier alpha value is -4.03. The molecule has 0 saturated heterocycles. The van der Waals surface area contributed by atoms with Crippen LogP contribution in [0.4, 0.5) is 4.79 Å². The topological polar surface area (TPSA) is 145 Å². The number of benzene rings is 3. The number of nitrogens with one attached hydrogen (secondary N) is 2. The smallest absolute Gasteiger partial charge is 0.407 e. The van der Waals surface area contributed by atoms with Crippen molar-refractivity contribution in [2.75, 3.05) is 20.3 Å². The van der Waals surface area contributed by atoms with Gasteiger partial charge in [0.2, 0.25) is 15.9 Å². The van der Waals surface area contributed by atoms with Crippen molar-refractivity contribution in [2.45, 2.75) is 75.1 Å². The van der Waals surface area contributed by atoms with Crippen LogP contribution in [0.25, 0.3) is 0 Å². The third-order valence-electron chi connectivity index (χ3n) is 8.31. The summed E-state index contributed by atoms with van der Waals surface area (Å²) < 4.78 is 33.8. The molecule has 0 aliphatic heterocycles. The number of nitrogens with zero attached hydrogens (tertiary/aromatic N) is 1. The number of aliphatic hydroxyl groups excluding tert-OH is 2. The van der Waals surface area contributed by atoms with Crippen molar-refractivity contribution < 1.29 is 33.0 Å². The summed E-state index contributed by atoms with van der Waals surface area (Å²) in [5, 5.41) is 25.5. The van der Waals surface area contributed by atoms with Crippen molar-refractivity contribution in [1.82, 2.24) is 14.9 Å². The van der Waals surface area contributed by atoms with Gasteiger partial charge in [-0.3, -0.25) is 4.79 Å². The van der Waals surface area contributed by atoms with E-state index in [-0.39, 0.29) is 30.6 Å². The van der Waals surface area contributed by atoms with Crippen molar-refractivity contribution in [2.24, 2.45) is 5.92 Å². The molecular formula is C37H49N3O7S. The number of carbonyl (C=O) groups is 2. The molecule has 3 aromatic carbocycles. The molecule has 11 heteroatoms. The second-order valence-corrected chi connectivity index (χ2v) is 14.0. The van der Waals surface area contributed by atoms with E-state index in [9.17, 15) is 28.2 Å². The lowest BCUT2D eigenvalue weighted by Crippen LogP contribution is -2.52. The van der Waals surface area contributed by atoms with E-state index in [0.717, 1.165) is 11.1 Å². The second kappa shape index (κ2) is 19.1. The van der Waals surface area contributed by atoms with Gasteiger partial charge in [-0.15, -0.1) is 6.58 Å². The third kappa shape index (κ3) is 10.7. The molecule has 0 aliphatic carbocycles. The van der Waals surface area contributed by atoms with Gasteiger partial charge in [0.05, 0.1) is 25.2 Å². The SMILES string of the molecule is C=C[C@H](CCC[C@@H](CO)N(CCC(C)C)S(=O)(=O)c1ccc(CO)cc1)NC(=O)[C@@H](NC(=O)OC)C(c1ccccc1)c1ccccc1. The Balaban J connectivity index is 1.79. The number of rotatable bonds is 19. The molecule has 260 valence electrons. The largest absolute Gasteiger partial charge is 0.453 e. The summed E-state index contributed by atoms with van der Waals surface area (Å²) in [6.45, 7) is 7.58. The predicted molar refractivity (Wildman–Crippen MR) is 187 cm³/mol. The number of methoxy groups -OCH3 is 1. The molecule has 4 N–H and O–H groups in total. The highest BCUT2D eigenvalue weighted by atomic mass is 32.2. The second-order valence-electron chi connectivity index (χ2n) is 12.1. The normalized spacial score (nSPS) is 13.6. The van der Waals surface area contributed by atoms with Crippen LogP contribution in [-0.2, 0) is 26.2 Å². The van der Waals surface area contributed by atoms with Crippen LogP contribution in [-0.4, -0.2) is 73.3 Å². The molecule has 0 fully saturated rings. The Kier molecular flexibility index (Phi) is 15.3. The monoisotopic (exact) mass is 679 g/mol. The van der Waals surface area contributed by atoms with Gasteiger partial charge in [-0.05, 0) is 60.4 Å². The Morgan fingerprint density at radius 1 is 0.875 bits per heavy atom. The Morgan fingerprint density at radius 3 is 1.94 bits per heavy atom. The minimum Gasteiger partial charge on any atom is -0.453 e. The van der Waals surface area contributed by atoms with Gasteiger partial charge in [0.1, 0.15) is 6.04 Å². The Bertz CT molecular complexity index is 1490. The number of carbonyl (C=O) groups excluding carboxylic acids is 2. The van der Waals surface area contributed by atoms with Crippen LogP contribution in [0.5, 0.6) is 0 Å². The van der Waals surface area contributed by atoms with Gasteiger partial charge in [-0.25, -0.2) is 13.2 Å². The molecule has 3 rings (SSSR count). The minimum atomic E-state index is -3.95. The highest BCUT2D eigenvalue weighted by molar-refractivity contribution is 7.89. The van der Waals surface area contributed by atoms with E-state index in [1.807, 2.05) is 74.5 Å². The molecule has 0 bridgehead atoms. The van der Waals surface area contributed by atoms with E-state index in [1.54, 1.807) is 18.2 Å². The van der Waals surface area contributed by atoms with Crippen LogP contribution in [0.15, 0.2) is 102 Å². The van der Waals surface area contributed by atoms with E-state index in [4.69, 9.17) is 4.74 Å². The Morgan fingerprint density at radius 2 is 1.46 bits per heavy atom. The van der Waals surface area contributed by atoms with E-state index >= 15 is 0 Å². The lowest BCUT2D eigenvalue weighted by atomic mass is 9.84. The summed E-state index contributed by atoms with van der Waals surface area (Å²) >= 11 is 0. The summed E-state index contributed by atoms with van der Waals surface area (Å²) in [6, 6.07) is 22.7. The molecule has 2 amide bonds. The number of hydrogen-bond donors (Lipinski definition) is 4. The van der Waals surface area contributed by atoms with Crippen LogP contribution in [0.3, 0.4) is 0 Å². The number of ether oxygens (including phenoxy) is 1. The van der Waals surface area contributed by atoms with E-state index < -0.39 is 46.1 Å². The van der Waals surface area contributed by atoms with Crippen LogP contribution < -0.4 is 10.6 Å². The molecule has 0 unspecified atom stereocenters. The third-order valence-corrected chi connectivity index (χ3v) is 10.3. The molecule has 0 aromatic heterocycles. The highest BCUT2D eigenvalue weighted by Gasteiger charge is 2.34. The zero-order valence-electron chi connectivity index (χ0n) is 28.0. The van der Waals surface area contributed by atoms with E-state index in [1.165, 1.54) is 23.5 Å². The van der Waals surface area contributed by atoms with Crippen molar-refractivity contribution >= 4 is 22.0 Å². The highest BCUT2D eigenvalue weighted by Crippen LogP contribution is 2.29. The lowest BCUT2D eigenvalue weighted by molar-refractivity contribution is -0.123. The first-order valence-corrected chi connectivity index (χ1v) is 17.7. The number of aliphatic hydroxyl groups is 2. The van der Waals surface area contributed by atoms with Gasteiger partial charge in [0.15, 0.2) is 0 Å². The first-order chi connectivity index (χ1) is 23.0. The average molecular weight is 680 g/mol. The molecule has 3 atom stereocenters. The van der Waals surface area contributed by atoms with Crippen LogP contribution in [0.2, 0.25) is 0 Å². The van der Waals surface area contributed by atoms with E-state index in [0.29, 0.717) is 31.2 Å². The van der Waals surface area contributed by atoms with Crippen molar-refractivity contribution in [3.05, 3.63) is 114 Å². The first kappa shape index (κ1) is 38.4. The maximum atomic E-state index is 13.9. The molecule has 3 aromatic rings. The quantitative estimate of drug-likeness (QED) is 0.131. The fourth-order valence-electron chi connectivity index (χ4n) is 5.59. The minimum absolute atomic E-state index is 0.0914. The molecule has 10 nitrogen and oxygen atoms in total. The maximum absolute atomic E-state index is 13.9. The summed E-state index contributed by atoms with van der Waals surface area (Å²) in [5.74, 6) is -0.725. The summed E-state index contributed by atoms with van der Waals surface area (Å²) in [5.41, 5.74) is 2.26. The zero-order chi connectivity index (χ0) is 35.1. The molecular weight excluding hydrogens is 630 g/mol. The molecule has 0 heterocycles. The van der Waals surface area contributed by atoms with Gasteiger partial charge in [-0.1, -0.05) is 92.7 Å². The zero-order valence-corrected chi connectivity index (χ0v) is 28.8. The van der Waals surface area contributed by atoms with Crippen LogP contribution >= 0.6 is 0 Å². The number of alkyl carbamates (subject to hydrolysis) is 1. The van der Waals surface area contributed by atoms with Gasteiger partial charge in [0.25, 0.3) is 0 Å². The lowest BCUT2D eigenvalue weighted by Gasteiger charge is -2.31. The summed E-state index contributed by atoms with van der Waals surface area (Å²) in [4.78, 5) is 26.5.